The molecule has 0 heterocycles. The van der Waals surface area contributed by atoms with Crippen molar-refractivity contribution < 1.29 is 9.53 Å². The van der Waals surface area contributed by atoms with E-state index in [0.29, 0.717) is 15.2 Å². The Labute approximate surface area is 258 Å². The fraction of sp³-hybridized carbons (Fsp3) is 0.225. The van der Waals surface area contributed by atoms with Gasteiger partial charge in [-0.3, -0.25) is 4.79 Å². The van der Waals surface area contributed by atoms with Crippen LogP contribution in [0.2, 0.25) is 0 Å². The van der Waals surface area contributed by atoms with Crippen molar-refractivity contribution in [3.05, 3.63) is 166 Å². The fourth-order valence-electron chi connectivity index (χ4n) is 5.64. The quantitative estimate of drug-likeness (QED) is 0.102. The molecule has 5 rings (SSSR count). The van der Waals surface area contributed by atoms with E-state index >= 15 is 0 Å². The first-order valence-corrected chi connectivity index (χ1v) is 16.4. The van der Waals surface area contributed by atoms with Crippen molar-refractivity contribution in [3.63, 3.8) is 0 Å². The maximum absolute atomic E-state index is 12.8. The maximum atomic E-state index is 12.8. The highest BCUT2D eigenvalue weighted by atomic mass is 31.1. The summed E-state index contributed by atoms with van der Waals surface area (Å²) in [6.07, 6.45) is 3.53. The van der Waals surface area contributed by atoms with Gasteiger partial charge in [-0.1, -0.05) is 138 Å². The molecule has 218 valence electrons. The van der Waals surface area contributed by atoms with Crippen molar-refractivity contribution in [2.24, 2.45) is 0 Å². The van der Waals surface area contributed by atoms with Gasteiger partial charge in [0.2, 0.25) is 0 Å². The zero-order chi connectivity index (χ0) is 30.0. The molecule has 2 atom stereocenters. The average molecular weight is 585 g/mol. The lowest BCUT2D eigenvalue weighted by atomic mass is 9.93. The van der Waals surface area contributed by atoms with Crippen LogP contribution in [0.15, 0.2) is 121 Å². The summed E-state index contributed by atoms with van der Waals surface area (Å²) in [5.41, 5.74) is 9.73. The molecule has 0 N–H and O–H groups in total. The molecule has 43 heavy (non-hydrogen) atoms. The van der Waals surface area contributed by atoms with Gasteiger partial charge in [0.15, 0.2) is 5.78 Å². The van der Waals surface area contributed by atoms with Gasteiger partial charge in [-0.25, -0.2) is 0 Å². The number of carbonyl (C=O) groups is 1. The summed E-state index contributed by atoms with van der Waals surface area (Å²) in [7, 11) is 0.457. The first kappa shape index (κ1) is 30.5. The van der Waals surface area contributed by atoms with E-state index in [2.05, 4.69) is 129 Å². The Balaban J connectivity index is 1.62. The second kappa shape index (κ2) is 14.9. The number of Topliss-reactive ketones (excluding diaryl/α,β-unsaturated/α-hetero) is 1. The molecular weight excluding hydrogens is 543 g/mol. The predicted octanol–water partition coefficient (Wildman–Crippen LogP) is 9.67. The number of hydrogen-bond acceptors (Lipinski definition) is 2. The number of ketones is 1. The third-order valence-electron chi connectivity index (χ3n) is 7.95. The molecule has 0 saturated carbocycles. The van der Waals surface area contributed by atoms with E-state index in [4.69, 9.17) is 4.74 Å². The minimum Gasteiger partial charge on any atom is -0.488 e. The Bertz CT molecular complexity index is 1630. The largest absolute Gasteiger partial charge is 0.488 e. The Morgan fingerprint density at radius 1 is 0.674 bits per heavy atom. The summed E-state index contributed by atoms with van der Waals surface area (Å²) in [6.45, 7) is 6.60. The van der Waals surface area contributed by atoms with Crippen molar-refractivity contribution >= 4 is 19.7 Å². The molecule has 0 saturated heterocycles. The van der Waals surface area contributed by atoms with Crippen LogP contribution in [0.25, 0.3) is 0 Å². The molecule has 0 aromatic heterocycles. The summed E-state index contributed by atoms with van der Waals surface area (Å²) in [4.78, 5) is 12.8. The number of hydrogen-bond donors (Lipinski definition) is 0. The molecule has 0 spiro atoms. The third kappa shape index (κ3) is 8.09. The van der Waals surface area contributed by atoms with Crippen LogP contribution in [0.3, 0.4) is 0 Å². The van der Waals surface area contributed by atoms with E-state index in [1.807, 2.05) is 6.07 Å². The predicted molar refractivity (Wildman–Crippen MR) is 183 cm³/mol. The van der Waals surface area contributed by atoms with Crippen LogP contribution in [0, 0.1) is 0 Å². The molecule has 2 nitrogen and oxygen atoms in total. The van der Waals surface area contributed by atoms with Gasteiger partial charge in [0.05, 0.1) is 0 Å². The molecule has 0 radical (unpaired) electrons. The summed E-state index contributed by atoms with van der Waals surface area (Å²) < 4.78 is 6.80. The van der Waals surface area contributed by atoms with E-state index in [0.717, 1.165) is 47.9 Å². The van der Waals surface area contributed by atoms with Gasteiger partial charge in [-0.2, -0.15) is 0 Å². The van der Waals surface area contributed by atoms with Crippen LogP contribution in [0.1, 0.15) is 82.2 Å². The van der Waals surface area contributed by atoms with Crippen LogP contribution in [0.5, 0.6) is 5.75 Å². The summed E-state index contributed by atoms with van der Waals surface area (Å²) >= 11 is 0. The molecular formula is C40H41O2P. The zero-order valence-corrected chi connectivity index (χ0v) is 26.5. The topological polar surface area (TPSA) is 26.3 Å². The van der Waals surface area contributed by atoms with Crippen molar-refractivity contribution in [2.75, 3.05) is 0 Å². The Morgan fingerprint density at radius 3 is 1.86 bits per heavy atom. The molecule has 3 heteroatoms. The van der Waals surface area contributed by atoms with Gasteiger partial charge >= 0.3 is 0 Å². The second-order valence-electron chi connectivity index (χ2n) is 11.2. The van der Waals surface area contributed by atoms with Crippen LogP contribution >= 0.6 is 8.58 Å². The Morgan fingerprint density at radius 2 is 1.28 bits per heavy atom. The zero-order valence-electron chi connectivity index (χ0n) is 25.5. The average Bonchev–Trinajstić information content (AvgIpc) is 3.04. The van der Waals surface area contributed by atoms with E-state index < -0.39 is 0 Å². The van der Waals surface area contributed by atoms with Crippen LogP contribution in [-0.2, 0) is 25.9 Å². The number of rotatable bonds is 13. The molecule has 0 aliphatic rings. The molecule has 0 aliphatic heterocycles. The minimum atomic E-state index is 0.135. The normalized spacial score (nSPS) is 12.0. The van der Waals surface area contributed by atoms with Crippen molar-refractivity contribution in [1.29, 1.82) is 0 Å². The highest BCUT2D eigenvalue weighted by Crippen LogP contribution is 2.45. The molecule has 2 unspecified atom stereocenters. The molecule has 0 aliphatic carbocycles. The van der Waals surface area contributed by atoms with Gasteiger partial charge in [-0.05, 0) is 70.9 Å². The van der Waals surface area contributed by atoms with Crippen LogP contribution in [0.4, 0.5) is 0 Å². The number of aryl methyl sites for hydroxylation is 1. The number of carbonyl (C=O) groups excluding carboxylic acids is 1. The van der Waals surface area contributed by atoms with Crippen molar-refractivity contribution in [3.8, 4) is 5.75 Å². The van der Waals surface area contributed by atoms with Gasteiger partial charge < -0.3 is 4.74 Å². The van der Waals surface area contributed by atoms with E-state index in [1.54, 1.807) is 6.92 Å². The fourth-order valence-corrected chi connectivity index (χ4v) is 7.18. The second-order valence-corrected chi connectivity index (χ2v) is 12.7. The summed E-state index contributed by atoms with van der Waals surface area (Å²) in [5.74, 6) is 1.12. The molecule has 5 aromatic carbocycles. The molecule has 0 amide bonds. The summed E-state index contributed by atoms with van der Waals surface area (Å²) in [6, 6.07) is 42.9. The lowest BCUT2D eigenvalue weighted by Crippen LogP contribution is -2.13. The first-order valence-electron chi connectivity index (χ1n) is 15.3. The number of benzene rings is 5. The van der Waals surface area contributed by atoms with E-state index in [-0.39, 0.29) is 11.4 Å². The Hall–Kier alpha value is -4.00. The molecule has 0 bridgehead atoms. The van der Waals surface area contributed by atoms with Crippen LogP contribution in [-0.4, -0.2) is 5.78 Å². The monoisotopic (exact) mass is 584 g/mol. The van der Waals surface area contributed by atoms with Gasteiger partial charge in [0, 0.05) is 23.2 Å². The standard InChI is InChI=1S/C40H41O2P/c1-4-30-21-22-39(36(26-30)29(3)41)43-38(5-2)37-27-34(23-31-15-9-6-10-16-31)25-35(24-32-17-11-7-12-18-32)40(37)42-28-33-19-13-8-14-20-33/h6-22,25-27,38,43H,4-5,23-24,28H2,1-3H3. The lowest BCUT2D eigenvalue weighted by molar-refractivity contribution is 0.101. The van der Waals surface area contributed by atoms with Crippen molar-refractivity contribution in [1.82, 2.24) is 0 Å². The van der Waals surface area contributed by atoms with Gasteiger partial charge in [0.1, 0.15) is 12.4 Å². The van der Waals surface area contributed by atoms with Gasteiger partial charge in [-0.15, -0.1) is 0 Å². The number of ether oxygens (including phenoxy) is 1. The molecule has 0 fully saturated rings. The Kier molecular flexibility index (Phi) is 10.6. The van der Waals surface area contributed by atoms with Crippen LogP contribution < -0.4 is 10.0 Å². The smallest absolute Gasteiger partial charge is 0.160 e. The van der Waals surface area contributed by atoms with Crippen molar-refractivity contribution in [2.45, 2.75) is 58.7 Å². The van der Waals surface area contributed by atoms with E-state index in [1.165, 1.54) is 33.4 Å². The van der Waals surface area contributed by atoms with Gasteiger partial charge in [0.25, 0.3) is 0 Å². The van der Waals surface area contributed by atoms with E-state index in [9.17, 15) is 4.79 Å². The minimum absolute atomic E-state index is 0.135. The first-order chi connectivity index (χ1) is 21.0. The summed E-state index contributed by atoms with van der Waals surface area (Å²) in [5, 5.41) is 1.14. The molecule has 5 aromatic rings. The third-order valence-corrected chi connectivity index (χ3v) is 9.77. The highest BCUT2D eigenvalue weighted by molar-refractivity contribution is 7.47. The maximum Gasteiger partial charge on any atom is 0.160 e. The SMILES string of the molecule is CCc1ccc(PC(CC)c2cc(Cc3ccccc3)cc(Cc3ccccc3)c2OCc2ccccc2)c(C(C)=O)c1. The lowest BCUT2D eigenvalue weighted by Gasteiger charge is -2.25. The highest BCUT2D eigenvalue weighted by Gasteiger charge is 2.22.